The quantitative estimate of drug-likeness (QED) is 0.874. The number of carbonyl (C=O) groups excluding carboxylic acids is 1. The fraction of sp³-hybridized carbons (Fsp3) is 0.588. The van der Waals surface area contributed by atoms with E-state index >= 15 is 0 Å². The van der Waals surface area contributed by atoms with Crippen LogP contribution < -0.4 is 5.32 Å². The fourth-order valence-corrected chi connectivity index (χ4v) is 2.83. The van der Waals surface area contributed by atoms with Crippen molar-refractivity contribution in [1.82, 2.24) is 10.2 Å². The molecule has 2 rings (SSSR count). The minimum Gasteiger partial charge on any atom is -0.508 e. The van der Waals surface area contributed by atoms with Crippen LogP contribution in [-0.2, 0) is 11.2 Å². The number of nitrogens with zero attached hydrogens (tertiary/aromatic N) is 1. The average molecular weight is 290 g/mol. The van der Waals surface area contributed by atoms with Gasteiger partial charge in [-0.15, -0.1) is 0 Å². The number of phenols is 1. The van der Waals surface area contributed by atoms with Crippen molar-refractivity contribution < 1.29 is 9.90 Å². The zero-order valence-corrected chi connectivity index (χ0v) is 13.0. The molecule has 0 bridgehead atoms. The van der Waals surface area contributed by atoms with E-state index in [1.54, 1.807) is 12.1 Å². The van der Waals surface area contributed by atoms with Crippen LogP contribution in [0.3, 0.4) is 0 Å². The summed E-state index contributed by atoms with van der Waals surface area (Å²) in [5.41, 5.74) is 0.953. The number of hydrogen-bond acceptors (Lipinski definition) is 3. The molecule has 0 atom stereocenters. The molecule has 21 heavy (non-hydrogen) atoms. The Bertz CT molecular complexity index is 450. The van der Waals surface area contributed by atoms with Gasteiger partial charge in [0.1, 0.15) is 5.75 Å². The van der Waals surface area contributed by atoms with Crippen molar-refractivity contribution >= 4 is 5.91 Å². The number of nitrogens with one attached hydrogen (secondary N) is 1. The normalized spacial score (nSPS) is 16.1. The van der Waals surface area contributed by atoms with Crippen molar-refractivity contribution in [1.29, 1.82) is 0 Å². The molecule has 4 nitrogen and oxygen atoms in total. The lowest BCUT2D eigenvalue weighted by molar-refractivity contribution is -0.133. The number of carbonyl (C=O) groups is 1. The Labute approximate surface area is 127 Å². The van der Waals surface area contributed by atoms with Crippen LogP contribution in [-0.4, -0.2) is 41.6 Å². The molecule has 2 N–H and O–H groups in total. The van der Waals surface area contributed by atoms with Crippen LogP contribution in [0.25, 0.3) is 0 Å². The molecule has 1 amide bonds. The number of aromatic hydroxyl groups is 1. The van der Waals surface area contributed by atoms with E-state index in [4.69, 9.17) is 0 Å². The van der Waals surface area contributed by atoms with Crippen LogP contribution in [0.1, 0.15) is 32.3 Å². The van der Waals surface area contributed by atoms with Crippen molar-refractivity contribution in [3.8, 4) is 5.75 Å². The number of amides is 1. The first kappa shape index (κ1) is 15.8. The van der Waals surface area contributed by atoms with Gasteiger partial charge in [-0.3, -0.25) is 4.79 Å². The molecule has 0 aromatic heterocycles. The maximum atomic E-state index is 12.6. The molecule has 1 heterocycles. The van der Waals surface area contributed by atoms with E-state index < -0.39 is 0 Å². The van der Waals surface area contributed by atoms with E-state index in [1.165, 1.54) is 0 Å². The number of hydrogen-bond donors (Lipinski definition) is 2. The van der Waals surface area contributed by atoms with Gasteiger partial charge in [0.15, 0.2) is 0 Å². The van der Waals surface area contributed by atoms with Gasteiger partial charge in [0, 0.05) is 12.6 Å². The monoisotopic (exact) mass is 290 g/mol. The predicted octanol–water partition coefficient (Wildman–Crippen LogP) is 2.17. The van der Waals surface area contributed by atoms with E-state index in [0.717, 1.165) is 38.0 Å². The number of piperidine rings is 1. The van der Waals surface area contributed by atoms with Crippen molar-refractivity contribution in [2.24, 2.45) is 5.92 Å². The topological polar surface area (TPSA) is 52.6 Å². The van der Waals surface area contributed by atoms with Crippen molar-refractivity contribution in [3.05, 3.63) is 29.8 Å². The van der Waals surface area contributed by atoms with Gasteiger partial charge in [0.25, 0.3) is 0 Å². The predicted molar refractivity (Wildman–Crippen MR) is 84.3 cm³/mol. The summed E-state index contributed by atoms with van der Waals surface area (Å²) >= 11 is 0. The molecule has 4 heteroatoms. The highest BCUT2D eigenvalue weighted by atomic mass is 16.3. The van der Waals surface area contributed by atoms with Gasteiger partial charge in [-0.05, 0) is 63.4 Å². The Morgan fingerprint density at radius 3 is 2.48 bits per heavy atom. The van der Waals surface area contributed by atoms with Gasteiger partial charge in [0.2, 0.25) is 5.91 Å². The molecular formula is C17H26N2O2. The molecule has 1 aromatic rings. The summed E-state index contributed by atoms with van der Waals surface area (Å²) in [5, 5.41) is 12.7. The number of rotatable bonds is 5. The molecule has 116 valence electrons. The smallest absolute Gasteiger partial charge is 0.227 e. The standard InChI is InChI=1S/C17H26N2O2/c1-13(2)19(12-15-7-9-18-10-8-15)17(21)11-14-3-5-16(20)6-4-14/h3-6,13,15,18,20H,7-12H2,1-2H3. The Kier molecular flexibility index (Phi) is 5.62. The maximum absolute atomic E-state index is 12.6. The highest BCUT2D eigenvalue weighted by Gasteiger charge is 2.22. The molecule has 0 radical (unpaired) electrons. The molecule has 0 saturated carbocycles. The minimum absolute atomic E-state index is 0.175. The lowest BCUT2D eigenvalue weighted by atomic mass is 9.96. The molecule has 0 aliphatic carbocycles. The van der Waals surface area contributed by atoms with E-state index in [9.17, 15) is 9.90 Å². The second kappa shape index (κ2) is 7.46. The summed E-state index contributed by atoms with van der Waals surface area (Å²) in [6.07, 6.45) is 2.70. The second-order valence-corrected chi connectivity index (χ2v) is 6.18. The summed E-state index contributed by atoms with van der Waals surface area (Å²) < 4.78 is 0. The van der Waals surface area contributed by atoms with Crippen LogP contribution in [0.2, 0.25) is 0 Å². The summed E-state index contributed by atoms with van der Waals surface area (Å²) in [5.74, 6) is 1.02. The molecule has 1 aliphatic rings. The molecular weight excluding hydrogens is 264 g/mol. The third-order valence-electron chi connectivity index (χ3n) is 4.15. The second-order valence-electron chi connectivity index (χ2n) is 6.18. The van der Waals surface area contributed by atoms with Crippen molar-refractivity contribution in [2.75, 3.05) is 19.6 Å². The van der Waals surface area contributed by atoms with Gasteiger partial charge < -0.3 is 15.3 Å². The van der Waals surface area contributed by atoms with Gasteiger partial charge >= 0.3 is 0 Å². The first-order chi connectivity index (χ1) is 10.1. The summed E-state index contributed by atoms with van der Waals surface area (Å²) in [7, 11) is 0. The Morgan fingerprint density at radius 1 is 1.29 bits per heavy atom. The fourth-order valence-electron chi connectivity index (χ4n) is 2.83. The summed E-state index contributed by atoms with van der Waals surface area (Å²) in [4.78, 5) is 14.6. The summed E-state index contributed by atoms with van der Waals surface area (Å²) in [6, 6.07) is 7.13. The number of benzene rings is 1. The third kappa shape index (κ3) is 4.74. The Hall–Kier alpha value is -1.55. The van der Waals surface area contributed by atoms with Gasteiger partial charge in [0.05, 0.1) is 6.42 Å². The highest BCUT2D eigenvalue weighted by Crippen LogP contribution is 2.17. The molecule has 1 saturated heterocycles. The van der Waals surface area contributed by atoms with E-state index in [2.05, 4.69) is 19.2 Å². The van der Waals surface area contributed by atoms with E-state index in [0.29, 0.717) is 12.3 Å². The highest BCUT2D eigenvalue weighted by molar-refractivity contribution is 5.79. The van der Waals surface area contributed by atoms with E-state index in [1.807, 2.05) is 17.0 Å². The van der Waals surface area contributed by atoms with Crippen LogP contribution in [0.5, 0.6) is 5.75 Å². The minimum atomic E-state index is 0.175. The van der Waals surface area contributed by atoms with E-state index in [-0.39, 0.29) is 17.7 Å². The molecule has 1 aliphatic heterocycles. The first-order valence-corrected chi connectivity index (χ1v) is 7.84. The molecule has 1 aromatic carbocycles. The molecule has 1 fully saturated rings. The van der Waals surface area contributed by atoms with Gasteiger partial charge in [-0.2, -0.15) is 0 Å². The molecule has 0 spiro atoms. The molecule has 0 unspecified atom stereocenters. The Balaban J connectivity index is 1.96. The van der Waals surface area contributed by atoms with Crippen LogP contribution in [0.15, 0.2) is 24.3 Å². The largest absolute Gasteiger partial charge is 0.508 e. The zero-order chi connectivity index (χ0) is 15.2. The van der Waals surface area contributed by atoms with Crippen LogP contribution >= 0.6 is 0 Å². The lowest BCUT2D eigenvalue weighted by Crippen LogP contribution is -2.43. The SMILES string of the molecule is CC(C)N(CC1CCNCC1)C(=O)Cc1ccc(O)cc1. The first-order valence-electron chi connectivity index (χ1n) is 7.84. The lowest BCUT2D eigenvalue weighted by Gasteiger charge is -2.33. The van der Waals surface area contributed by atoms with Gasteiger partial charge in [-0.1, -0.05) is 12.1 Å². The van der Waals surface area contributed by atoms with Crippen LogP contribution in [0, 0.1) is 5.92 Å². The number of phenolic OH excluding ortho intramolecular Hbond substituents is 1. The van der Waals surface area contributed by atoms with Crippen molar-refractivity contribution in [3.63, 3.8) is 0 Å². The maximum Gasteiger partial charge on any atom is 0.227 e. The van der Waals surface area contributed by atoms with Gasteiger partial charge in [-0.25, -0.2) is 0 Å². The van der Waals surface area contributed by atoms with Crippen LogP contribution in [0.4, 0.5) is 0 Å². The third-order valence-corrected chi connectivity index (χ3v) is 4.15. The Morgan fingerprint density at radius 2 is 1.90 bits per heavy atom. The average Bonchev–Trinajstić information content (AvgIpc) is 2.48. The van der Waals surface area contributed by atoms with Crippen molar-refractivity contribution in [2.45, 2.75) is 39.2 Å². The zero-order valence-electron chi connectivity index (χ0n) is 13.0. The summed E-state index contributed by atoms with van der Waals surface area (Å²) in [6.45, 7) is 7.13.